The number of ketones is 2. The van der Waals surface area contributed by atoms with E-state index in [-0.39, 0.29) is 58.9 Å². The zero-order chi connectivity index (χ0) is 15.4. The fourth-order valence-electron chi connectivity index (χ4n) is 2.43. The molecule has 1 aliphatic carbocycles. The monoisotopic (exact) mass is 327 g/mol. The number of hydrogen-bond donors (Lipinski definition) is 2. The Morgan fingerprint density at radius 1 is 0.909 bits per heavy atom. The topological polar surface area (TPSA) is 115 Å². The van der Waals surface area contributed by atoms with Gasteiger partial charge in [-0.2, -0.15) is 8.42 Å². The minimum atomic E-state index is -4.65. The molecule has 0 amide bonds. The number of fused-ring (bicyclic) bond motifs is 2. The Morgan fingerprint density at radius 2 is 1.41 bits per heavy atom. The molecule has 0 aromatic heterocycles. The first kappa shape index (κ1) is 16.9. The molecule has 6 nitrogen and oxygen atoms in total. The molecule has 0 aliphatic heterocycles. The molecule has 0 heterocycles. The van der Waals surface area contributed by atoms with E-state index in [0.717, 1.165) is 6.07 Å². The van der Waals surface area contributed by atoms with Crippen LogP contribution >= 0.6 is 0 Å². The Labute approximate surface area is 149 Å². The first-order chi connectivity index (χ1) is 9.82. The van der Waals surface area contributed by atoms with Crippen molar-refractivity contribution >= 4 is 27.4 Å². The van der Waals surface area contributed by atoms with Crippen LogP contribution in [-0.2, 0) is 10.1 Å². The molecule has 0 spiro atoms. The van der Waals surface area contributed by atoms with Gasteiger partial charge in [0.1, 0.15) is 4.90 Å². The number of hydrogen-bond acceptors (Lipinski definition) is 5. The molecule has 22 heavy (non-hydrogen) atoms. The summed E-state index contributed by atoms with van der Waals surface area (Å²) in [6.45, 7) is 0. The number of benzene rings is 2. The van der Waals surface area contributed by atoms with Crippen LogP contribution in [0.3, 0.4) is 0 Å². The zero-order valence-corrected chi connectivity index (χ0v) is 14.3. The Morgan fingerprint density at radius 3 is 1.91 bits per heavy atom. The van der Waals surface area contributed by atoms with Crippen LogP contribution in [0.15, 0.2) is 41.3 Å². The number of rotatable bonds is 1. The Bertz CT molecular complexity index is 927. The van der Waals surface area contributed by atoms with E-state index in [9.17, 15) is 22.6 Å². The van der Waals surface area contributed by atoms with Crippen LogP contribution in [0.25, 0.3) is 0 Å². The molecular formula is C14H10NNaO5S. The third-order valence-corrected chi connectivity index (χ3v) is 4.24. The summed E-state index contributed by atoms with van der Waals surface area (Å²) < 4.78 is 32.1. The van der Waals surface area contributed by atoms with Crippen LogP contribution in [0.2, 0.25) is 0 Å². The van der Waals surface area contributed by atoms with E-state index in [1.807, 2.05) is 0 Å². The van der Waals surface area contributed by atoms with Gasteiger partial charge in [0.2, 0.25) is 0 Å². The van der Waals surface area contributed by atoms with Crippen molar-refractivity contribution in [2.45, 2.75) is 4.90 Å². The van der Waals surface area contributed by atoms with Crippen molar-refractivity contribution in [3.8, 4) is 0 Å². The summed E-state index contributed by atoms with van der Waals surface area (Å²) in [5.74, 6) is -1.19. The predicted molar refractivity (Wildman–Crippen MR) is 75.1 cm³/mol. The average molecular weight is 327 g/mol. The van der Waals surface area contributed by atoms with Crippen molar-refractivity contribution < 1.29 is 53.5 Å². The van der Waals surface area contributed by atoms with Gasteiger partial charge in [0.15, 0.2) is 11.6 Å². The molecule has 0 saturated heterocycles. The van der Waals surface area contributed by atoms with Gasteiger partial charge in [-0.15, -0.1) is 0 Å². The number of nitrogens with two attached hydrogens (primary N) is 1. The number of carbonyl (C=O) groups is 2. The molecule has 0 unspecified atom stereocenters. The summed E-state index contributed by atoms with van der Waals surface area (Å²) in [6.07, 6.45) is 0. The van der Waals surface area contributed by atoms with Gasteiger partial charge in [-0.1, -0.05) is 24.3 Å². The SMILES string of the molecule is Nc1ccc(S(=O)(=O)O)c2c1C(=O)c1ccccc1C2=O.[H-].[Na+]. The van der Waals surface area contributed by atoms with Crippen molar-refractivity contribution in [1.29, 1.82) is 0 Å². The van der Waals surface area contributed by atoms with Gasteiger partial charge in [0.25, 0.3) is 10.1 Å². The van der Waals surface area contributed by atoms with E-state index < -0.39 is 26.6 Å². The summed E-state index contributed by atoms with van der Waals surface area (Å²) >= 11 is 0. The summed E-state index contributed by atoms with van der Waals surface area (Å²) in [6, 6.07) is 8.25. The predicted octanol–water partition coefficient (Wildman–Crippen LogP) is -1.59. The Hall–Kier alpha value is -1.51. The third kappa shape index (κ3) is 2.41. The molecule has 3 N–H and O–H groups in total. The normalized spacial score (nSPS) is 13.1. The van der Waals surface area contributed by atoms with E-state index in [2.05, 4.69) is 0 Å². The van der Waals surface area contributed by atoms with Crippen LogP contribution in [0, 0.1) is 0 Å². The molecule has 2 aromatic carbocycles. The maximum atomic E-state index is 12.5. The summed E-state index contributed by atoms with van der Waals surface area (Å²) in [5, 5.41) is 0. The fraction of sp³-hybridized carbons (Fsp3) is 0. The second-order valence-electron chi connectivity index (χ2n) is 4.58. The Balaban J connectivity index is 0.00000132. The first-order valence-electron chi connectivity index (χ1n) is 5.90. The van der Waals surface area contributed by atoms with Gasteiger partial charge < -0.3 is 7.16 Å². The summed E-state index contributed by atoms with van der Waals surface area (Å²) in [7, 11) is -4.65. The Kier molecular flexibility index (Phi) is 4.29. The standard InChI is InChI=1S/C14H9NO5S.Na.H/c15-9-5-6-10(21(18,19)20)12-11(9)13(16)7-3-1-2-4-8(7)14(12)17;;/h1-6H,15H2,(H,18,19,20);;/q;+1;-1. The first-order valence-corrected chi connectivity index (χ1v) is 7.35. The van der Waals surface area contributed by atoms with E-state index >= 15 is 0 Å². The second-order valence-corrected chi connectivity index (χ2v) is 5.97. The van der Waals surface area contributed by atoms with Gasteiger partial charge in [-0.3, -0.25) is 14.1 Å². The van der Waals surface area contributed by atoms with Crippen LogP contribution in [0.1, 0.15) is 33.3 Å². The van der Waals surface area contributed by atoms with Crippen molar-refractivity contribution in [2.24, 2.45) is 0 Å². The molecule has 0 atom stereocenters. The summed E-state index contributed by atoms with van der Waals surface area (Å²) in [5.41, 5.74) is 5.39. The molecule has 0 fully saturated rings. The maximum absolute atomic E-state index is 12.5. The van der Waals surface area contributed by atoms with Gasteiger partial charge >= 0.3 is 29.6 Å². The average Bonchev–Trinajstić information content (AvgIpc) is 2.43. The molecule has 1 aliphatic rings. The van der Waals surface area contributed by atoms with Gasteiger partial charge in [0.05, 0.1) is 11.1 Å². The molecule has 0 saturated carbocycles. The van der Waals surface area contributed by atoms with Crippen molar-refractivity contribution in [3.05, 3.63) is 58.7 Å². The second kappa shape index (κ2) is 5.60. The fourth-order valence-corrected chi connectivity index (χ4v) is 3.13. The maximum Gasteiger partial charge on any atom is 1.00 e. The van der Waals surface area contributed by atoms with Crippen molar-refractivity contribution in [2.75, 3.05) is 5.73 Å². The van der Waals surface area contributed by atoms with Gasteiger partial charge in [-0.25, -0.2) is 0 Å². The van der Waals surface area contributed by atoms with Crippen molar-refractivity contribution in [3.63, 3.8) is 0 Å². The molecule has 2 aromatic rings. The zero-order valence-electron chi connectivity index (χ0n) is 12.5. The van der Waals surface area contributed by atoms with Crippen LogP contribution in [0.4, 0.5) is 5.69 Å². The van der Waals surface area contributed by atoms with E-state index in [0.29, 0.717) is 0 Å². The molecule has 108 valence electrons. The quantitative estimate of drug-likeness (QED) is 0.316. The van der Waals surface area contributed by atoms with Crippen LogP contribution in [-0.4, -0.2) is 24.5 Å². The third-order valence-electron chi connectivity index (χ3n) is 3.35. The number of carbonyl (C=O) groups excluding carboxylic acids is 2. The van der Waals surface area contributed by atoms with Crippen LogP contribution in [0.5, 0.6) is 0 Å². The van der Waals surface area contributed by atoms with E-state index in [4.69, 9.17) is 5.73 Å². The molecular weight excluding hydrogens is 317 g/mol. The van der Waals surface area contributed by atoms with E-state index in [1.165, 1.54) is 18.2 Å². The van der Waals surface area contributed by atoms with Gasteiger partial charge in [0, 0.05) is 16.8 Å². The number of nitrogen functional groups attached to an aromatic ring is 1. The summed E-state index contributed by atoms with van der Waals surface area (Å²) in [4.78, 5) is 24.3. The van der Waals surface area contributed by atoms with Crippen molar-refractivity contribution in [1.82, 2.24) is 0 Å². The van der Waals surface area contributed by atoms with Gasteiger partial charge in [-0.05, 0) is 12.1 Å². The molecule has 0 radical (unpaired) electrons. The largest absolute Gasteiger partial charge is 1.00 e. The number of anilines is 1. The minimum Gasteiger partial charge on any atom is -1.00 e. The van der Waals surface area contributed by atoms with Crippen LogP contribution < -0.4 is 35.3 Å². The van der Waals surface area contributed by atoms with E-state index in [1.54, 1.807) is 12.1 Å². The minimum absolute atomic E-state index is 0. The molecule has 3 rings (SSSR count). The smallest absolute Gasteiger partial charge is 1.00 e. The molecule has 8 heteroatoms. The molecule has 0 bridgehead atoms.